The van der Waals surface area contributed by atoms with Crippen LogP contribution in [-0.4, -0.2) is 45.6 Å². The van der Waals surface area contributed by atoms with E-state index in [2.05, 4.69) is 22.1 Å². The number of thioether (sulfide) groups is 1. The van der Waals surface area contributed by atoms with Crippen LogP contribution in [0.3, 0.4) is 0 Å². The van der Waals surface area contributed by atoms with E-state index >= 15 is 0 Å². The zero-order chi connectivity index (χ0) is 25.4. The number of carbonyl (C=O) groups is 1. The lowest BCUT2D eigenvalue weighted by atomic mass is 10.2. The van der Waals surface area contributed by atoms with Crippen molar-refractivity contribution in [3.05, 3.63) is 71.1 Å². The van der Waals surface area contributed by atoms with Gasteiger partial charge in [0.1, 0.15) is 17.2 Å². The van der Waals surface area contributed by atoms with Gasteiger partial charge in [-0.3, -0.25) is 19.5 Å². The Hall–Kier alpha value is -4.06. The molecule has 0 aliphatic carbocycles. The van der Waals surface area contributed by atoms with Crippen molar-refractivity contribution in [2.24, 2.45) is 0 Å². The van der Waals surface area contributed by atoms with Gasteiger partial charge in [-0.05, 0) is 25.1 Å². The second kappa shape index (κ2) is 11.9. The van der Waals surface area contributed by atoms with Gasteiger partial charge in [-0.15, -0.1) is 16.8 Å². The molecule has 1 atom stereocenters. The number of nitrogens with one attached hydrogen (secondary N) is 1. The largest absolute Gasteiger partial charge is 0.497 e. The lowest BCUT2D eigenvalue weighted by Gasteiger charge is -2.16. The standard InChI is InChI=1S/C23H25N5O6S/c1-5-11-27-22(15(2)34-18-8-6-7-17(13-18)32-3)25-26-23(27)35-14-21(29)24-19-12-16(28(30)31)9-10-20(19)33-4/h5-10,12-13,15H,1,11,14H2,2-4H3,(H,24,29). The highest BCUT2D eigenvalue weighted by atomic mass is 32.2. The summed E-state index contributed by atoms with van der Waals surface area (Å²) < 4.78 is 18.2. The first kappa shape index (κ1) is 25.6. The van der Waals surface area contributed by atoms with Gasteiger partial charge in [0.15, 0.2) is 17.1 Å². The molecule has 11 nitrogen and oxygen atoms in total. The number of carbonyl (C=O) groups excluding carboxylic acids is 1. The number of allylic oxidation sites excluding steroid dienone is 1. The molecule has 0 spiro atoms. The van der Waals surface area contributed by atoms with Gasteiger partial charge < -0.3 is 19.5 Å². The first-order valence-electron chi connectivity index (χ1n) is 10.5. The molecule has 1 amide bonds. The van der Waals surface area contributed by atoms with Crippen molar-refractivity contribution >= 4 is 29.0 Å². The molecule has 12 heteroatoms. The van der Waals surface area contributed by atoms with E-state index in [1.807, 2.05) is 29.7 Å². The normalized spacial score (nSPS) is 11.4. The van der Waals surface area contributed by atoms with E-state index in [1.165, 1.54) is 37.1 Å². The first-order chi connectivity index (χ1) is 16.9. The molecule has 35 heavy (non-hydrogen) atoms. The quantitative estimate of drug-likeness (QED) is 0.168. The van der Waals surface area contributed by atoms with Crippen LogP contribution in [0, 0.1) is 10.1 Å². The van der Waals surface area contributed by atoms with Gasteiger partial charge in [0.05, 0.1) is 30.6 Å². The fraction of sp³-hybridized carbons (Fsp3) is 0.261. The van der Waals surface area contributed by atoms with E-state index in [1.54, 1.807) is 19.3 Å². The number of ether oxygens (including phenoxy) is 3. The van der Waals surface area contributed by atoms with Gasteiger partial charge in [0.25, 0.3) is 5.69 Å². The summed E-state index contributed by atoms with van der Waals surface area (Å²) in [6.45, 7) is 6.04. The molecule has 0 radical (unpaired) electrons. The molecule has 0 aliphatic heterocycles. The zero-order valence-corrected chi connectivity index (χ0v) is 20.3. The average Bonchev–Trinajstić information content (AvgIpc) is 3.25. The first-order valence-corrected chi connectivity index (χ1v) is 11.4. The number of non-ortho nitro benzene ring substituents is 1. The number of hydrogen-bond acceptors (Lipinski definition) is 9. The van der Waals surface area contributed by atoms with E-state index in [4.69, 9.17) is 14.2 Å². The maximum Gasteiger partial charge on any atom is 0.271 e. The topological polar surface area (TPSA) is 131 Å². The fourth-order valence-corrected chi connectivity index (χ4v) is 3.92. The Morgan fingerprint density at radius 2 is 2.00 bits per heavy atom. The molecule has 1 N–H and O–H groups in total. The van der Waals surface area contributed by atoms with Crippen LogP contribution in [0.25, 0.3) is 0 Å². The van der Waals surface area contributed by atoms with Crippen molar-refractivity contribution in [2.45, 2.75) is 24.7 Å². The van der Waals surface area contributed by atoms with Crippen LogP contribution >= 0.6 is 11.8 Å². The van der Waals surface area contributed by atoms with Crippen molar-refractivity contribution in [3.63, 3.8) is 0 Å². The number of amides is 1. The van der Waals surface area contributed by atoms with Crippen LogP contribution in [-0.2, 0) is 11.3 Å². The highest BCUT2D eigenvalue weighted by molar-refractivity contribution is 7.99. The third kappa shape index (κ3) is 6.51. The summed E-state index contributed by atoms with van der Waals surface area (Å²) in [6, 6.07) is 11.2. The van der Waals surface area contributed by atoms with Gasteiger partial charge in [0, 0.05) is 24.7 Å². The van der Waals surface area contributed by atoms with Crippen molar-refractivity contribution in [3.8, 4) is 17.2 Å². The zero-order valence-electron chi connectivity index (χ0n) is 19.5. The lowest BCUT2D eigenvalue weighted by Crippen LogP contribution is -2.16. The Kier molecular flexibility index (Phi) is 8.68. The summed E-state index contributed by atoms with van der Waals surface area (Å²) in [6.07, 6.45) is 1.26. The van der Waals surface area contributed by atoms with Crippen LogP contribution < -0.4 is 19.5 Å². The second-order valence-corrected chi connectivity index (χ2v) is 8.10. The summed E-state index contributed by atoms with van der Waals surface area (Å²) >= 11 is 1.17. The van der Waals surface area contributed by atoms with E-state index in [0.29, 0.717) is 34.8 Å². The van der Waals surface area contributed by atoms with Crippen molar-refractivity contribution in [2.75, 3.05) is 25.3 Å². The highest BCUT2D eigenvalue weighted by Crippen LogP contribution is 2.30. The number of benzene rings is 2. The monoisotopic (exact) mass is 499 g/mol. The Labute approximate surface area is 206 Å². The summed E-state index contributed by atoms with van der Waals surface area (Å²) in [5.74, 6) is 1.77. The van der Waals surface area contributed by atoms with Gasteiger partial charge in [0.2, 0.25) is 5.91 Å². The number of methoxy groups -OCH3 is 2. The molecule has 184 valence electrons. The van der Waals surface area contributed by atoms with Gasteiger partial charge in [-0.25, -0.2) is 0 Å². The van der Waals surface area contributed by atoms with Crippen molar-refractivity contribution in [1.82, 2.24) is 14.8 Å². The number of nitro benzene ring substituents is 1. The SMILES string of the molecule is C=CCn1c(SCC(=O)Nc2cc([N+](=O)[O-])ccc2OC)nnc1C(C)Oc1cccc(OC)c1. The van der Waals surface area contributed by atoms with Crippen molar-refractivity contribution < 1.29 is 23.9 Å². The number of anilines is 1. The van der Waals surface area contributed by atoms with Gasteiger partial charge >= 0.3 is 0 Å². The second-order valence-electron chi connectivity index (χ2n) is 7.16. The molecule has 3 rings (SSSR count). The minimum atomic E-state index is -0.544. The minimum absolute atomic E-state index is 0.00769. The lowest BCUT2D eigenvalue weighted by molar-refractivity contribution is -0.384. The summed E-state index contributed by atoms with van der Waals surface area (Å²) in [5, 5.41) is 22.7. The van der Waals surface area contributed by atoms with Crippen LogP contribution in [0.1, 0.15) is 18.9 Å². The number of nitrogens with zero attached hydrogens (tertiary/aromatic N) is 4. The molecular weight excluding hydrogens is 474 g/mol. The number of rotatable bonds is 12. The number of hydrogen-bond donors (Lipinski definition) is 1. The molecule has 0 saturated carbocycles. The molecule has 0 fully saturated rings. The Morgan fingerprint density at radius 1 is 1.23 bits per heavy atom. The molecule has 1 unspecified atom stereocenters. The highest BCUT2D eigenvalue weighted by Gasteiger charge is 2.20. The maximum absolute atomic E-state index is 12.6. The molecule has 2 aromatic carbocycles. The van der Waals surface area contributed by atoms with Gasteiger partial charge in [-0.1, -0.05) is 23.9 Å². The Bertz CT molecular complexity index is 1210. The minimum Gasteiger partial charge on any atom is -0.497 e. The van der Waals surface area contributed by atoms with Crippen LogP contribution in [0.5, 0.6) is 17.2 Å². The molecule has 0 saturated heterocycles. The number of nitro groups is 1. The Balaban J connectivity index is 1.70. The number of aromatic nitrogens is 3. The van der Waals surface area contributed by atoms with E-state index in [0.717, 1.165) is 0 Å². The predicted octanol–water partition coefficient (Wildman–Crippen LogP) is 4.26. The molecule has 0 aliphatic rings. The smallest absolute Gasteiger partial charge is 0.271 e. The maximum atomic E-state index is 12.6. The fourth-order valence-electron chi connectivity index (χ4n) is 3.16. The summed E-state index contributed by atoms with van der Waals surface area (Å²) in [4.78, 5) is 23.1. The molecule has 1 aromatic heterocycles. The molecule has 0 bridgehead atoms. The van der Waals surface area contributed by atoms with Crippen LogP contribution in [0.15, 0.2) is 60.3 Å². The summed E-state index contributed by atoms with van der Waals surface area (Å²) in [7, 11) is 3.00. The van der Waals surface area contributed by atoms with E-state index in [9.17, 15) is 14.9 Å². The Morgan fingerprint density at radius 3 is 2.69 bits per heavy atom. The third-order valence-corrected chi connectivity index (χ3v) is 5.74. The molecular formula is C23H25N5O6S. The van der Waals surface area contributed by atoms with E-state index < -0.39 is 11.0 Å². The van der Waals surface area contributed by atoms with E-state index in [-0.39, 0.29) is 23.0 Å². The van der Waals surface area contributed by atoms with Gasteiger partial charge in [-0.2, -0.15) is 0 Å². The average molecular weight is 500 g/mol. The predicted molar refractivity (Wildman–Crippen MR) is 131 cm³/mol. The van der Waals surface area contributed by atoms with Crippen LogP contribution in [0.2, 0.25) is 0 Å². The molecule has 3 aromatic rings. The van der Waals surface area contributed by atoms with Crippen LogP contribution in [0.4, 0.5) is 11.4 Å². The summed E-state index contributed by atoms with van der Waals surface area (Å²) in [5.41, 5.74) is 0.0509. The molecule has 1 heterocycles. The third-order valence-electron chi connectivity index (χ3n) is 4.78. The van der Waals surface area contributed by atoms with Crippen molar-refractivity contribution in [1.29, 1.82) is 0 Å².